The first kappa shape index (κ1) is 11.0. The maximum Gasteiger partial charge on any atom is 0.314 e. The van der Waals surface area contributed by atoms with E-state index in [-0.39, 0.29) is 0 Å². The summed E-state index contributed by atoms with van der Waals surface area (Å²) >= 11 is 0. The first-order chi connectivity index (χ1) is 7.72. The van der Waals surface area contributed by atoms with Crippen LogP contribution in [-0.2, 0) is 4.79 Å². The maximum atomic E-state index is 11.0. The fraction of sp³-hybridized carbons (Fsp3) is 0.583. The second-order valence-electron chi connectivity index (χ2n) is 4.27. The van der Waals surface area contributed by atoms with Crippen molar-refractivity contribution in [3.63, 3.8) is 0 Å². The smallest absolute Gasteiger partial charge is 0.314 e. The fourth-order valence-electron chi connectivity index (χ4n) is 1.96. The molecule has 0 amide bonds. The lowest BCUT2D eigenvalue weighted by Gasteiger charge is -2.25. The Hall–Kier alpha value is -1.45. The number of aliphatic carboxylic acids is 1. The average Bonchev–Trinajstić information content (AvgIpc) is 2.16. The van der Waals surface area contributed by atoms with Crippen LogP contribution in [0.5, 0.6) is 0 Å². The molecule has 0 saturated heterocycles. The molecule has 1 unspecified atom stereocenters. The standard InChI is InChI=1S/C12H16N2O2/c1-2-9(12(15)16)11-13-7-6-10(14-11)8-4-3-5-8/h6-9H,2-5H2,1H3,(H,15,16). The van der Waals surface area contributed by atoms with E-state index in [0.29, 0.717) is 18.2 Å². The van der Waals surface area contributed by atoms with Gasteiger partial charge in [0.2, 0.25) is 0 Å². The van der Waals surface area contributed by atoms with Gasteiger partial charge in [0, 0.05) is 17.8 Å². The summed E-state index contributed by atoms with van der Waals surface area (Å²) in [5, 5.41) is 9.05. The van der Waals surface area contributed by atoms with E-state index in [0.717, 1.165) is 5.69 Å². The van der Waals surface area contributed by atoms with Gasteiger partial charge in [0.05, 0.1) is 0 Å². The summed E-state index contributed by atoms with van der Waals surface area (Å²) in [5.41, 5.74) is 1.01. The van der Waals surface area contributed by atoms with Crippen molar-refractivity contribution in [1.82, 2.24) is 9.97 Å². The van der Waals surface area contributed by atoms with E-state index in [1.54, 1.807) is 6.20 Å². The SMILES string of the molecule is CCC(C(=O)O)c1nccc(C2CCC2)n1. The van der Waals surface area contributed by atoms with Crippen molar-refractivity contribution in [2.45, 2.75) is 44.4 Å². The van der Waals surface area contributed by atoms with Crippen LogP contribution in [0.1, 0.15) is 56.0 Å². The zero-order chi connectivity index (χ0) is 11.5. The van der Waals surface area contributed by atoms with Gasteiger partial charge >= 0.3 is 5.97 Å². The molecule has 0 spiro atoms. The summed E-state index contributed by atoms with van der Waals surface area (Å²) in [5.74, 6) is -0.430. The van der Waals surface area contributed by atoms with Crippen molar-refractivity contribution < 1.29 is 9.90 Å². The quantitative estimate of drug-likeness (QED) is 0.845. The van der Waals surface area contributed by atoms with Gasteiger partial charge in [-0.3, -0.25) is 4.79 Å². The number of carboxylic acids is 1. The van der Waals surface area contributed by atoms with Crippen LogP contribution in [-0.4, -0.2) is 21.0 Å². The van der Waals surface area contributed by atoms with E-state index in [2.05, 4.69) is 9.97 Å². The van der Waals surface area contributed by atoms with E-state index < -0.39 is 11.9 Å². The van der Waals surface area contributed by atoms with Gasteiger partial charge in [-0.25, -0.2) is 9.97 Å². The summed E-state index contributed by atoms with van der Waals surface area (Å²) < 4.78 is 0. The van der Waals surface area contributed by atoms with Crippen LogP contribution in [0.3, 0.4) is 0 Å². The number of carbonyl (C=O) groups is 1. The molecule has 1 N–H and O–H groups in total. The minimum absolute atomic E-state index is 0.458. The van der Waals surface area contributed by atoms with Crippen LogP contribution >= 0.6 is 0 Å². The molecule has 0 aromatic carbocycles. The van der Waals surface area contributed by atoms with Gasteiger partial charge in [-0.15, -0.1) is 0 Å². The highest BCUT2D eigenvalue weighted by atomic mass is 16.4. The van der Waals surface area contributed by atoms with Crippen LogP contribution in [0.15, 0.2) is 12.3 Å². The van der Waals surface area contributed by atoms with Crippen LogP contribution < -0.4 is 0 Å². The zero-order valence-electron chi connectivity index (χ0n) is 9.39. The number of carboxylic acid groups (broad SMARTS) is 1. The van der Waals surface area contributed by atoms with Gasteiger partial charge < -0.3 is 5.11 Å². The first-order valence-electron chi connectivity index (χ1n) is 5.78. The summed E-state index contributed by atoms with van der Waals surface area (Å²) in [6.07, 6.45) is 5.80. The predicted molar refractivity (Wildman–Crippen MR) is 59.3 cm³/mol. The molecule has 1 aliphatic rings. The van der Waals surface area contributed by atoms with Crippen molar-refractivity contribution >= 4 is 5.97 Å². The second kappa shape index (κ2) is 4.60. The Morgan fingerprint density at radius 2 is 2.38 bits per heavy atom. The molecule has 0 radical (unpaired) electrons. The van der Waals surface area contributed by atoms with Gasteiger partial charge in [0.1, 0.15) is 11.7 Å². The van der Waals surface area contributed by atoms with Gasteiger partial charge in [0.15, 0.2) is 0 Å². The molecule has 1 saturated carbocycles. The molecule has 1 aromatic heterocycles. The molecular weight excluding hydrogens is 204 g/mol. The number of hydrogen-bond donors (Lipinski definition) is 1. The Morgan fingerprint density at radius 3 is 2.88 bits per heavy atom. The third kappa shape index (κ3) is 2.05. The summed E-state index contributed by atoms with van der Waals surface area (Å²) in [4.78, 5) is 19.5. The highest BCUT2D eigenvalue weighted by Gasteiger charge is 2.24. The van der Waals surface area contributed by atoms with Gasteiger partial charge in [-0.1, -0.05) is 13.3 Å². The monoisotopic (exact) mass is 220 g/mol. The predicted octanol–water partition coefficient (Wildman–Crippen LogP) is 2.32. The number of nitrogens with zero attached hydrogens (tertiary/aromatic N) is 2. The highest BCUT2D eigenvalue weighted by molar-refractivity contribution is 5.74. The molecule has 2 rings (SSSR count). The lowest BCUT2D eigenvalue weighted by Crippen LogP contribution is -2.17. The Labute approximate surface area is 94.7 Å². The van der Waals surface area contributed by atoms with E-state index in [4.69, 9.17) is 5.11 Å². The molecule has 1 aromatic rings. The third-order valence-electron chi connectivity index (χ3n) is 3.24. The van der Waals surface area contributed by atoms with Crippen molar-refractivity contribution in [2.24, 2.45) is 0 Å². The molecule has 0 aliphatic heterocycles. The Morgan fingerprint density at radius 1 is 1.62 bits per heavy atom. The molecular formula is C12H16N2O2. The Balaban J connectivity index is 2.23. The number of aromatic nitrogens is 2. The Kier molecular flexibility index (Phi) is 3.17. The van der Waals surface area contributed by atoms with Crippen LogP contribution in [0.2, 0.25) is 0 Å². The van der Waals surface area contributed by atoms with Crippen molar-refractivity contribution in [1.29, 1.82) is 0 Å². The van der Waals surface area contributed by atoms with Crippen molar-refractivity contribution in [3.05, 3.63) is 23.8 Å². The minimum atomic E-state index is -0.840. The highest BCUT2D eigenvalue weighted by Crippen LogP contribution is 2.35. The largest absolute Gasteiger partial charge is 0.481 e. The number of hydrogen-bond acceptors (Lipinski definition) is 3. The fourth-order valence-corrected chi connectivity index (χ4v) is 1.96. The van der Waals surface area contributed by atoms with Gasteiger partial charge in [-0.2, -0.15) is 0 Å². The summed E-state index contributed by atoms with van der Waals surface area (Å²) in [6, 6.07) is 1.90. The maximum absolute atomic E-state index is 11.0. The van der Waals surface area contributed by atoms with Gasteiger partial charge in [-0.05, 0) is 25.3 Å². The van der Waals surface area contributed by atoms with E-state index >= 15 is 0 Å². The molecule has 4 heteroatoms. The van der Waals surface area contributed by atoms with E-state index in [1.165, 1.54) is 19.3 Å². The molecule has 1 fully saturated rings. The van der Waals surface area contributed by atoms with Crippen LogP contribution in [0.4, 0.5) is 0 Å². The van der Waals surface area contributed by atoms with Crippen molar-refractivity contribution in [3.8, 4) is 0 Å². The normalized spacial score (nSPS) is 17.8. The van der Waals surface area contributed by atoms with E-state index in [1.807, 2.05) is 13.0 Å². The first-order valence-corrected chi connectivity index (χ1v) is 5.78. The van der Waals surface area contributed by atoms with Crippen LogP contribution in [0.25, 0.3) is 0 Å². The minimum Gasteiger partial charge on any atom is -0.481 e. The molecule has 1 aliphatic carbocycles. The second-order valence-corrected chi connectivity index (χ2v) is 4.27. The zero-order valence-corrected chi connectivity index (χ0v) is 9.39. The molecule has 4 nitrogen and oxygen atoms in total. The summed E-state index contributed by atoms with van der Waals surface area (Å²) in [7, 11) is 0. The third-order valence-corrected chi connectivity index (χ3v) is 3.24. The molecule has 16 heavy (non-hydrogen) atoms. The lowest BCUT2D eigenvalue weighted by molar-refractivity contribution is -0.139. The van der Waals surface area contributed by atoms with Crippen LogP contribution in [0, 0.1) is 0 Å². The topological polar surface area (TPSA) is 63.1 Å². The average molecular weight is 220 g/mol. The molecule has 86 valence electrons. The molecule has 1 atom stereocenters. The molecule has 1 heterocycles. The van der Waals surface area contributed by atoms with Crippen molar-refractivity contribution in [2.75, 3.05) is 0 Å². The molecule has 0 bridgehead atoms. The van der Waals surface area contributed by atoms with E-state index in [9.17, 15) is 4.79 Å². The van der Waals surface area contributed by atoms with Gasteiger partial charge in [0.25, 0.3) is 0 Å². The summed E-state index contributed by atoms with van der Waals surface area (Å²) in [6.45, 7) is 1.85. The Bertz CT molecular complexity index is 388. The lowest BCUT2D eigenvalue weighted by atomic mass is 9.83. The number of rotatable bonds is 4.